The lowest BCUT2D eigenvalue weighted by atomic mass is 9.94. The first kappa shape index (κ1) is 20.4. The number of piperidine rings is 1. The molecular weight excluding hydrogens is 362 g/mol. The summed E-state index contributed by atoms with van der Waals surface area (Å²) in [6.07, 6.45) is 7.20. The number of amides is 1. The van der Waals surface area contributed by atoms with Crippen molar-refractivity contribution in [3.63, 3.8) is 0 Å². The van der Waals surface area contributed by atoms with E-state index in [-0.39, 0.29) is 5.92 Å². The first-order chi connectivity index (χ1) is 14.2. The fourth-order valence-electron chi connectivity index (χ4n) is 4.86. The van der Waals surface area contributed by atoms with E-state index < -0.39 is 0 Å². The SMILES string of the molecule is CCN1CCN(C(=O)C2CCN(CCc3cn(CC)c4ncccc34)CC2)CC1. The minimum Gasteiger partial charge on any atom is -0.340 e. The van der Waals surface area contributed by atoms with Gasteiger partial charge in [-0.2, -0.15) is 0 Å². The highest BCUT2D eigenvalue weighted by Gasteiger charge is 2.30. The Balaban J connectivity index is 1.27. The van der Waals surface area contributed by atoms with Gasteiger partial charge in [-0.1, -0.05) is 6.92 Å². The fourth-order valence-corrected chi connectivity index (χ4v) is 4.86. The van der Waals surface area contributed by atoms with Gasteiger partial charge < -0.3 is 19.3 Å². The van der Waals surface area contributed by atoms with Gasteiger partial charge in [-0.05, 0) is 63.5 Å². The zero-order valence-electron chi connectivity index (χ0n) is 18.0. The summed E-state index contributed by atoms with van der Waals surface area (Å²) in [5.41, 5.74) is 2.49. The number of carbonyl (C=O) groups is 1. The molecule has 1 amide bonds. The molecule has 0 saturated carbocycles. The van der Waals surface area contributed by atoms with E-state index in [0.29, 0.717) is 5.91 Å². The van der Waals surface area contributed by atoms with Crippen LogP contribution in [0.2, 0.25) is 0 Å². The molecule has 0 atom stereocenters. The Morgan fingerprint density at radius 2 is 1.79 bits per heavy atom. The second-order valence-corrected chi connectivity index (χ2v) is 8.44. The maximum absolute atomic E-state index is 12.9. The molecule has 4 heterocycles. The zero-order valence-corrected chi connectivity index (χ0v) is 18.0. The van der Waals surface area contributed by atoms with E-state index in [4.69, 9.17) is 0 Å². The minimum absolute atomic E-state index is 0.227. The molecule has 2 aromatic rings. The Morgan fingerprint density at radius 1 is 1.03 bits per heavy atom. The first-order valence-electron chi connectivity index (χ1n) is 11.4. The molecular formula is C23H35N5O. The number of carbonyl (C=O) groups excluding carboxylic acids is 1. The van der Waals surface area contributed by atoms with Crippen LogP contribution >= 0.6 is 0 Å². The van der Waals surface area contributed by atoms with E-state index >= 15 is 0 Å². The summed E-state index contributed by atoms with van der Waals surface area (Å²) in [7, 11) is 0. The molecule has 0 spiro atoms. The molecule has 0 radical (unpaired) electrons. The largest absolute Gasteiger partial charge is 0.340 e. The zero-order chi connectivity index (χ0) is 20.2. The van der Waals surface area contributed by atoms with E-state index in [1.807, 2.05) is 12.3 Å². The molecule has 6 nitrogen and oxygen atoms in total. The van der Waals surface area contributed by atoms with Gasteiger partial charge in [0.15, 0.2) is 0 Å². The number of aryl methyl sites for hydroxylation is 1. The van der Waals surface area contributed by atoms with E-state index in [9.17, 15) is 4.79 Å². The Morgan fingerprint density at radius 3 is 2.48 bits per heavy atom. The molecule has 0 aliphatic carbocycles. The molecule has 6 heteroatoms. The Bertz CT molecular complexity index is 816. The number of hydrogen-bond acceptors (Lipinski definition) is 4. The van der Waals surface area contributed by atoms with Crippen LogP contribution in [0.4, 0.5) is 0 Å². The third-order valence-corrected chi connectivity index (χ3v) is 6.82. The van der Waals surface area contributed by atoms with Gasteiger partial charge in [-0.3, -0.25) is 4.79 Å². The van der Waals surface area contributed by atoms with Crippen LogP contribution in [0.15, 0.2) is 24.5 Å². The molecule has 158 valence electrons. The second kappa shape index (κ2) is 9.26. The van der Waals surface area contributed by atoms with Crippen LogP contribution in [0.25, 0.3) is 11.0 Å². The predicted molar refractivity (Wildman–Crippen MR) is 117 cm³/mol. The number of piperazine rings is 1. The first-order valence-corrected chi connectivity index (χ1v) is 11.4. The third kappa shape index (κ3) is 4.48. The van der Waals surface area contributed by atoms with E-state index in [1.54, 1.807) is 0 Å². The number of hydrogen-bond donors (Lipinski definition) is 0. The highest BCUT2D eigenvalue weighted by Crippen LogP contribution is 2.23. The summed E-state index contributed by atoms with van der Waals surface area (Å²) in [4.78, 5) is 24.5. The van der Waals surface area contributed by atoms with Crippen LogP contribution in [-0.2, 0) is 17.8 Å². The average Bonchev–Trinajstić information content (AvgIpc) is 3.15. The smallest absolute Gasteiger partial charge is 0.225 e. The van der Waals surface area contributed by atoms with Crippen molar-refractivity contribution in [2.24, 2.45) is 5.92 Å². The molecule has 2 aliphatic heterocycles. The molecule has 4 rings (SSSR count). The monoisotopic (exact) mass is 397 g/mol. The van der Waals surface area contributed by atoms with Gasteiger partial charge in [0.05, 0.1) is 0 Å². The number of aromatic nitrogens is 2. The summed E-state index contributed by atoms with van der Waals surface area (Å²) in [6.45, 7) is 13.4. The van der Waals surface area contributed by atoms with Gasteiger partial charge >= 0.3 is 0 Å². The summed E-state index contributed by atoms with van der Waals surface area (Å²) >= 11 is 0. The minimum atomic E-state index is 0.227. The van der Waals surface area contributed by atoms with Crippen LogP contribution in [0, 0.1) is 5.92 Å². The summed E-state index contributed by atoms with van der Waals surface area (Å²) < 4.78 is 2.24. The van der Waals surface area contributed by atoms with Crippen molar-refractivity contribution in [2.75, 3.05) is 52.4 Å². The number of rotatable bonds is 6. The van der Waals surface area contributed by atoms with Crippen molar-refractivity contribution < 1.29 is 4.79 Å². The van der Waals surface area contributed by atoms with Crippen molar-refractivity contribution >= 4 is 16.9 Å². The van der Waals surface area contributed by atoms with Crippen molar-refractivity contribution in [3.05, 3.63) is 30.1 Å². The molecule has 0 aromatic carbocycles. The number of fused-ring (bicyclic) bond motifs is 1. The van der Waals surface area contributed by atoms with Crippen LogP contribution in [0.5, 0.6) is 0 Å². The van der Waals surface area contributed by atoms with E-state index in [1.165, 1.54) is 10.9 Å². The molecule has 2 saturated heterocycles. The maximum atomic E-state index is 12.9. The van der Waals surface area contributed by atoms with Gasteiger partial charge in [0.25, 0.3) is 0 Å². The quantitative estimate of drug-likeness (QED) is 0.751. The predicted octanol–water partition coefficient (Wildman–Crippen LogP) is 2.47. The van der Waals surface area contributed by atoms with Crippen LogP contribution in [-0.4, -0.2) is 82.5 Å². The second-order valence-electron chi connectivity index (χ2n) is 8.44. The van der Waals surface area contributed by atoms with Gasteiger partial charge in [0.2, 0.25) is 5.91 Å². The van der Waals surface area contributed by atoms with Crippen molar-refractivity contribution in [1.29, 1.82) is 0 Å². The maximum Gasteiger partial charge on any atom is 0.225 e. The fraction of sp³-hybridized carbons (Fsp3) is 0.652. The summed E-state index contributed by atoms with van der Waals surface area (Å²) in [5, 5.41) is 1.28. The molecule has 2 aromatic heterocycles. The number of pyridine rings is 1. The highest BCUT2D eigenvalue weighted by atomic mass is 16.2. The standard InChI is InChI=1S/C23H35N5O/c1-3-25-14-16-28(17-15-25)23(29)19-7-11-26(12-8-19)13-9-20-18-27(4-2)22-21(20)6-5-10-24-22/h5-6,10,18-19H,3-4,7-9,11-17H2,1-2H3. The van der Waals surface area contributed by atoms with Crippen LogP contribution in [0.1, 0.15) is 32.3 Å². The normalized spacial score (nSPS) is 19.9. The van der Waals surface area contributed by atoms with E-state index in [0.717, 1.165) is 83.8 Å². The van der Waals surface area contributed by atoms with Gasteiger partial charge in [-0.25, -0.2) is 4.98 Å². The third-order valence-electron chi connectivity index (χ3n) is 6.82. The Labute approximate surface area is 174 Å². The van der Waals surface area contributed by atoms with Crippen LogP contribution < -0.4 is 0 Å². The number of likely N-dealkylation sites (tertiary alicyclic amines) is 1. The van der Waals surface area contributed by atoms with Crippen molar-refractivity contribution in [1.82, 2.24) is 24.3 Å². The molecule has 29 heavy (non-hydrogen) atoms. The average molecular weight is 398 g/mol. The lowest BCUT2D eigenvalue weighted by Crippen LogP contribution is -2.51. The molecule has 2 fully saturated rings. The summed E-state index contributed by atoms with van der Waals surface area (Å²) in [6, 6.07) is 4.22. The Kier molecular flexibility index (Phi) is 6.50. The lowest BCUT2D eigenvalue weighted by molar-refractivity contribution is -0.138. The molecule has 0 unspecified atom stereocenters. The lowest BCUT2D eigenvalue weighted by Gasteiger charge is -2.38. The van der Waals surface area contributed by atoms with Crippen molar-refractivity contribution in [2.45, 2.75) is 39.7 Å². The molecule has 0 N–H and O–H groups in total. The van der Waals surface area contributed by atoms with Gasteiger partial charge in [-0.15, -0.1) is 0 Å². The topological polar surface area (TPSA) is 44.6 Å². The van der Waals surface area contributed by atoms with Gasteiger partial charge in [0, 0.05) is 63.0 Å². The van der Waals surface area contributed by atoms with Crippen molar-refractivity contribution in [3.8, 4) is 0 Å². The number of likely N-dealkylation sites (N-methyl/N-ethyl adjacent to an activating group) is 1. The van der Waals surface area contributed by atoms with Crippen LogP contribution in [0.3, 0.4) is 0 Å². The number of nitrogens with zero attached hydrogens (tertiary/aromatic N) is 5. The summed E-state index contributed by atoms with van der Waals surface area (Å²) in [5.74, 6) is 0.628. The Hall–Kier alpha value is -1.92. The van der Waals surface area contributed by atoms with E-state index in [2.05, 4.69) is 50.4 Å². The highest BCUT2D eigenvalue weighted by molar-refractivity contribution is 5.80. The molecule has 2 aliphatic rings. The molecule has 0 bridgehead atoms. The van der Waals surface area contributed by atoms with Gasteiger partial charge in [0.1, 0.15) is 5.65 Å².